The van der Waals surface area contributed by atoms with Gasteiger partial charge in [0.05, 0.1) is 18.1 Å². The van der Waals surface area contributed by atoms with Crippen molar-refractivity contribution in [2.24, 2.45) is 5.92 Å². The summed E-state index contributed by atoms with van der Waals surface area (Å²) in [5.74, 6) is -0.598. The van der Waals surface area contributed by atoms with Crippen molar-refractivity contribution in [2.45, 2.75) is 38.6 Å². The summed E-state index contributed by atoms with van der Waals surface area (Å²) in [6.45, 7) is 2.14. The minimum atomic E-state index is -3.62. The second-order valence-electron chi connectivity index (χ2n) is 7.89. The molecule has 0 bridgehead atoms. The predicted molar refractivity (Wildman–Crippen MR) is 109 cm³/mol. The zero-order valence-electron chi connectivity index (χ0n) is 16.9. The Labute approximate surface area is 179 Å². The number of nitrogens with one attached hydrogen (secondary N) is 2. The fraction of sp³-hybridized carbons (Fsp3) is 0.450. The number of hydrogen-bond donors (Lipinski definition) is 2. The predicted octanol–water partition coefficient (Wildman–Crippen LogP) is 2.14. The number of aromatic nitrogens is 2. The highest BCUT2D eigenvalue weighted by Gasteiger charge is 2.29. The molecule has 1 aliphatic heterocycles. The van der Waals surface area contributed by atoms with Crippen LogP contribution >= 0.6 is 0 Å². The van der Waals surface area contributed by atoms with E-state index in [4.69, 9.17) is 4.74 Å². The molecule has 0 spiro atoms. The summed E-state index contributed by atoms with van der Waals surface area (Å²) >= 11 is 0. The average Bonchev–Trinajstić information content (AvgIpc) is 3.37. The van der Waals surface area contributed by atoms with Gasteiger partial charge < -0.3 is 4.74 Å². The van der Waals surface area contributed by atoms with Crippen LogP contribution in [0.1, 0.15) is 54.1 Å². The Morgan fingerprint density at radius 2 is 2.13 bits per heavy atom. The van der Waals surface area contributed by atoms with Crippen LogP contribution in [-0.4, -0.2) is 42.3 Å². The number of rotatable bonds is 10. The van der Waals surface area contributed by atoms with E-state index in [2.05, 4.69) is 15.0 Å². The first-order valence-corrected chi connectivity index (χ1v) is 11.7. The van der Waals surface area contributed by atoms with Crippen LogP contribution in [0.2, 0.25) is 0 Å². The lowest BCUT2D eigenvalue weighted by molar-refractivity contribution is 0.0971. The number of carbonyl (C=O) groups is 2. The largest absolute Gasteiger partial charge is 0.490 e. The maximum atomic E-state index is 14.0. The second kappa shape index (κ2) is 8.39. The number of nitrogens with zero attached hydrogens (tertiary/aromatic N) is 2. The molecule has 2 heterocycles. The molecule has 166 valence electrons. The number of halogens is 1. The van der Waals surface area contributed by atoms with Crippen molar-refractivity contribution in [3.63, 3.8) is 0 Å². The summed E-state index contributed by atoms with van der Waals surface area (Å²) in [4.78, 5) is 27.2. The van der Waals surface area contributed by atoms with Gasteiger partial charge in [0.1, 0.15) is 0 Å². The van der Waals surface area contributed by atoms with Gasteiger partial charge in [-0.3, -0.25) is 10.1 Å². The van der Waals surface area contributed by atoms with Gasteiger partial charge in [-0.05, 0) is 56.2 Å². The fourth-order valence-corrected chi connectivity index (χ4v) is 4.63. The summed E-state index contributed by atoms with van der Waals surface area (Å²) in [7, 11) is -3.62. The highest BCUT2D eigenvalue weighted by atomic mass is 32.2. The second-order valence-corrected chi connectivity index (χ2v) is 9.76. The van der Waals surface area contributed by atoms with Gasteiger partial charge in [0.2, 0.25) is 15.8 Å². The van der Waals surface area contributed by atoms with Crippen molar-refractivity contribution >= 4 is 22.0 Å². The molecule has 2 N–H and O–H groups in total. The van der Waals surface area contributed by atoms with Gasteiger partial charge >= 0.3 is 6.03 Å². The molecule has 2 aromatic rings. The maximum Gasteiger partial charge on any atom is 0.334 e. The van der Waals surface area contributed by atoms with Crippen LogP contribution in [0.5, 0.6) is 5.75 Å². The van der Waals surface area contributed by atoms with Crippen LogP contribution in [0.3, 0.4) is 0 Å². The van der Waals surface area contributed by atoms with Crippen molar-refractivity contribution in [1.29, 1.82) is 0 Å². The quantitative estimate of drug-likeness (QED) is 0.572. The molecule has 1 saturated carbocycles. The molecule has 0 unspecified atom stereocenters. The molecule has 1 aliphatic carbocycles. The summed E-state index contributed by atoms with van der Waals surface area (Å²) < 4.78 is 48.1. The molecule has 11 heteroatoms. The van der Waals surface area contributed by atoms with E-state index in [0.29, 0.717) is 30.2 Å². The summed E-state index contributed by atoms with van der Waals surface area (Å²) in [6, 6.07) is 3.20. The SMILES string of the molecule is C[C@@H](NS(=O)(=O)CCCc1cn2c(n1)C(=O)NC2=O)c1ccc(F)c(OCC2CC2)c1. The standard InChI is InChI=1S/C20H23FN4O5S/c1-12(14-6-7-16(21)17(9-14)30-11-13-4-5-13)24-31(28,29)8-2-3-15-10-25-18(22-15)19(26)23-20(25)27/h6-7,9-10,12-13,24H,2-5,8,11H2,1H3,(H,23,26,27)/t12-/m1/s1. The van der Waals surface area contributed by atoms with Gasteiger partial charge in [-0.2, -0.15) is 0 Å². The number of sulfonamides is 1. The molecule has 2 amide bonds. The van der Waals surface area contributed by atoms with E-state index in [9.17, 15) is 22.4 Å². The van der Waals surface area contributed by atoms with Crippen LogP contribution < -0.4 is 14.8 Å². The van der Waals surface area contributed by atoms with E-state index < -0.39 is 33.8 Å². The first-order chi connectivity index (χ1) is 14.7. The van der Waals surface area contributed by atoms with Gasteiger partial charge in [0, 0.05) is 12.2 Å². The van der Waals surface area contributed by atoms with Crippen molar-refractivity contribution in [2.75, 3.05) is 12.4 Å². The van der Waals surface area contributed by atoms with Gasteiger partial charge in [-0.15, -0.1) is 0 Å². The highest BCUT2D eigenvalue weighted by Crippen LogP contribution is 2.31. The van der Waals surface area contributed by atoms with E-state index in [1.165, 1.54) is 24.4 Å². The third kappa shape index (κ3) is 5.10. The Morgan fingerprint density at radius 3 is 2.84 bits per heavy atom. The normalized spacial score (nSPS) is 16.8. The van der Waals surface area contributed by atoms with Crippen molar-refractivity contribution in [3.8, 4) is 5.75 Å². The summed E-state index contributed by atoms with van der Waals surface area (Å²) in [6.07, 6.45) is 4.16. The van der Waals surface area contributed by atoms with E-state index in [1.54, 1.807) is 6.92 Å². The number of fused-ring (bicyclic) bond motifs is 1. The van der Waals surface area contributed by atoms with E-state index in [-0.39, 0.29) is 23.7 Å². The Morgan fingerprint density at radius 1 is 1.35 bits per heavy atom. The molecule has 2 aliphatic rings. The molecule has 0 radical (unpaired) electrons. The average molecular weight is 450 g/mol. The van der Waals surface area contributed by atoms with Crippen molar-refractivity contribution in [1.82, 2.24) is 19.6 Å². The van der Waals surface area contributed by atoms with Crippen molar-refractivity contribution in [3.05, 3.63) is 47.3 Å². The lowest BCUT2D eigenvalue weighted by atomic mass is 10.1. The van der Waals surface area contributed by atoms with E-state index in [0.717, 1.165) is 17.4 Å². The Kier molecular flexibility index (Phi) is 5.80. The molecule has 9 nitrogen and oxygen atoms in total. The Bertz CT molecular complexity index is 1100. The third-order valence-corrected chi connectivity index (χ3v) is 6.77. The first kappa shape index (κ1) is 21.4. The number of benzene rings is 1. The fourth-order valence-electron chi connectivity index (χ4n) is 3.31. The minimum absolute atomic E-state index is 0.00521. The smallest absolute Gasteiger partial charge is 0.334 e. The van der Waals surface area contributed by atoms with Crippen molar-refractivity contribution < 1.29 is 27.1 Å². The van der Waals surface area contributed by atoms with Crippen LogP contribution in [0.15, 0.2) is 24.4 Å². The zero-order valence-corrected chi connectivity index (χ0v) is 17.7. The van der Waals surface area contributed by atoms with Crippen LogP contribution in [0, 0.1) is 11.7 Å². The van der Waals surface area contributed by atoms with Gasteiger partial charge in [-0.25, -0.2) is 31.9 Å². The Hall–Kier alpha value is -2.79. The monoisotopic (exact) mass is 450 g/mol. The number of carbonyl (C=O) groups excluding carboxylic acids is 2. The lowest BCUT2D eigenvalue weighted by Gasteiger charge is -2.16. The van der Waals surface area contributed by atoms with Crippen LogP contribution in [-0.2, 0) is 16.4 Å². The van der Waals surface area contributed by atoms with Gasteiger partial charge in [0.25, 0.3) is 5.91 Å². The molecule has 1 aromatic heterocycles. The topological polar surface area (TPSA) is 119 Å². The molecular formula is C20H23FN4O5S. The molecule has 0 saturated heterocycles. The highest BCUT2D eigenvalue weighted by molar-refractivity contribution is 7.89. The van der Waals surface area contributed by atoms with Gasteiger partial charge in [0.15, 0.2) is 11.6 Å². The molecule has 1 aromatic carbocycles. The molecule has 1 fully saturated rings. The maximum absolute atomic E-state index is 14.0. The number of imidazole rings is 1. The van der Waals surface area contributed by atoms with Crippen LogP contribution in [0.4, 0.5) is 9.18 Å². The molecule has 31 heavy (non-hydrogen) atoms. The van der Waals surface area contributed by atoms with E-state index in [1.807, 2.05) is 0 Å². The van der Waals surface area contributed by atoms with Gasteiger partial charge in [-0.1, -0.05) is 6.07 Å². The number of amides is 2. The summed E-state index contributed by atoms with van der Waals surface area (Å²) in [5.41, 5.74) is 1.07. The lowest BCUT2D eigenvalue weighted by Crippen LogP contribution is -2.29. The zero-order chi connectivity index (χ0) is 22.2. The number of ether oxygens (including phenoxy) is 1. The van der Waals surface area contributed by atoms with Crippen LogP contribution in [0.25, 0.3) is 0 Å². The Balaban J connectivity index is 1.31. The molecule has 1 atom stereocenters. The first-order valence-electron chi connectivity index (χ1n) is 10.1. The number of aryl methyl sites for hydroxylation is 1. The third-order valence-electron chi connectivity index (χ3n) is 5.23. The molecule has 4 rings (SSSR count). The summed E-state index contributed by atoms with van der Waals surface area (Å²) in [5, 5.41) is 2.12. The number of imide groups is 1. The van der Waals surface area contributed by atoms with E-state index >= 15 is 0 Å². The molecular weight excluding hydrogens is 427 g/mol. The minimum Gasteiger partial charge on any atom is -0.490 e. The number of hydrogen-bond acceptors (Lipinski definition) is 6.